The lowest BCUT2D eigenvalue weighted by Gasteiger charge is -2.10. The van der Waals surface area contributed by atoms with Gasteiger partial charge in [-0.25, -0.2) is 4.79 Å². The number of carbonyl (C=O) groups is 2. The fraction of sp³-hybridized carbons (Fsp3) is 0.833. The van der Waals surface area contributed by atoms with Gasteiger partial charge < -0.3 is 29.9 Å². The van der Waals surface area contributed by atoms with Crippen molar-refractivity contribution in [2.24, 2.45) is 0 Å². The van der Waals surface area contributed by atoms with Gasteiger partial charge in [-0.05, 0) is 20.8 Å². The summed E-state index contributed by atoms with van der Waals surface area (Å²) in [7, 11) is 0. The summed E-state index contributed by atoms with van der Waals surface area (Å²) in [5.41, 5.74) is 0. The van der Waals surface area contributed by atoms with Crippen molar-refractivity contribution in [3.05, 3.63) is 0 Å². The van der Waals surface area contributed by atoms with Crippen LogP contribution in [0.5, 0.6) is 0 Å². The lowest BCUT2D eigenvalue weighted by molar-refractivity contribution is -0.156. The molecule has 0 rings (SSSR count). The molecule has 0 amide bonds. The minimum absolute atomic E-state index is 0.00667. The minimum atomic E-state index is -1.24. The van der Waals surface area contributed by atoms with E-state index in [1.54, 1.807) is 20.8 Å². The summed E-state index contributed by atoms with van der Waals surface area (Å²) in [4.78, 5) is 20.3. The third-order valence-electron chi connectivity index (χ3n) is 1.88. The molecule has 0 aromatic rings. The second kappa shape index (κ2) is 12.8. The van der Waals surface area contributed by atoms with Crippen LogP contribution in [0, 0.1) is 0 Å². The first-order chi connectivity index (χ1) is 9.24. The van der Waals surface area contributed by atoms with E-state index in [1.807, 2.05) is 0 Å². The zero-order valence-corrected chi connectivity index (χ0v) is 12.0. The van der Waals surface area contributed by atoms with Crippen LogP contribution in [0.3, 0.4) is 0 Å². The van der Waals surface area contributed by atoms with Crippen molar-refractivity contribution in [1.82, 2.24) is 0 Å². The van der Waals surface area contributed by atoms with E-state index < -0.39 is 30.6 Å². The Morgan fingerprint density at radius 1 is 1.15 bits per heavy atom. The van der Waals surface area contributed by atoms with Crippen LogP contribution in [0.4, 0.5) is 0 Å². The van der Waals surface area contributed by atoms with Crippen LogP contribution >= 0.6 is 0 Å². The predicted molar refractivity (Wildman–Crippen MR) is 69.5 cm³/mol. The molecule has 0 aromatic carbocycles. The molecule has 3 unspecified atom stereocenters. The summed E-state index contributed by atoms with van der Waals surface area (Å²) < 4.78 is 9.59. The van der Waals surface area contributed by atoms with Crippen molar-refractivity contribution in [3.63, 3.8) is 0 Å². The van der Waals surface area contributed by atoms with Crippen LogP contribution in [0.15, 0.2) is 0 Å². The molecule has 0 saturated heterocycles. The molecule has 0 bridgehead atoms. The summed E-state index contributed by atoms with van der Waals surface area (Å²) in [6.45, 7) is 5.50. The number of carboxylic acid groups (broad SMARTS) is 2. The van der Waals surface area contributed by atoms with E-state index in [4.69, 9.17) is 25.2 Å². The van der Waals surface area contributed by atoms with Gasteiger partial charge in [0.15, 0.2) is 6.10 Å². The molecule has 8 heteroatoms. The summed E-state index contributed by atoms with van der Waals surface area (Å²) in [6.07, 6.45) is -2.33. The Morgan fingerprint density at radius 2 is 1.70 bits per heavy atom. The van der Waals surface area contributed by atoms with E-state index >= 15 is 0 Å². The van der Waals surface area contributed by atoms with Gasteiger partial charge in [-0.15, -0.1) is 0 Å². The standard InChI is InChI=1S/C6H10O5.C6H14O3/c1-2-11-4(6(9)10)3-5(7)8;1-5(8)4-9-6(2)3-7/h4H,2-3H2,1H3,(H,7,8)(H,9,10);5-8H,3-4H2,1-2H3. The van der Waals surface area contributed by atoms with E-state index in [1.165, 1.54) is 0 Å². The van der Waals surface area contributed by atoms with Crippen molar-refractivity contribution < 1.29 is 39.5 Å². The highest BCUT2D eigenvalue weighted by molar-refractivity contribution is 5.79. The second-order valence-corrected chi connectivity index (χ2v) is 4.06. The van der Waals surface area contributed by atoms with Gasteiger partial charge in [0.25, 0.3) is 0 Å². The summed E-state index contributed by atoms with van der Waals surface area (Å²) in [5, 5.41) is 33.7. The third-order valence-corrected chi connectivity index (χ3v) is 1.88. The topological polar surface area (TPSA) is 134 Å². The normalized spacial score (nSPS) is 14.7. The van der Waals surface area contributed by atoms with Crippen LogP contribution in [0.2, 0.25) is 0 Å². The number of aliphatic carboxylic acids is 2. The van der Waals surface area contributed by atoms with Crippen molar-refractivity contribution in [3.8, 4) is 0 Å². The first-order valence-electron chi connectivity index (χ1n) is 6.21. The number of carboxylic acids is 2. The van der Waals surface area contributed by atoms with Crippen molar-refractivity contribution >= 4 is 11.9 Å². The van der Waals surface area contributed by atoms with Gasteiger partial charge >= 0.3 is 11.9 Å². The van der Waals surface area contributed by atoms with Gasteiger partial charge in [-0.3, -0.25) is 4.79 Å². The Balaban J connectivity index is 0. The first kappa shape index (κ1) is 21.1. The molecule has 8 nitrogen and oxygen atoms in total. The van der Waals surface area contributed by atoms with Crippen LogP contribution in [0.25, 0.3) is 0 Å². The van der Waals surface area contributed by atoms with Crippen molar-refractivity contribution in [2.75, 3.05) is 19.8 Å². The second-order valence-electron chi connectivity index (χ2n) is 4.06. The van der Waals surface area contributed by atoms with Gasteiger partial charge in [-0.2, -0.15) is 0 Å². The number of hydrogen-bond acceptors (Lipinski definition) is 6. The average molecular weight is 296 g/mol. The summed E-state index contributed by atoms with van der Waals surface area (Å²) >= 11 is 0. The zero-order valence-electron chi connectivity index (χ0n) is 12.0. The number of aliphatic hydroxyl groups excluding tert-OH is 2. The van der Waals surface area contributed by atoms with E-state index in [9.17, 15) is 9.59 Å². The molecule has 0 aromatic heterocycles. The molecule has 0 spiro atoms. The third kappa shape index (κ3) is 14.8. The lowest BCUT2D eigenvalue weighted by atomic mass is 10.2. The highest BCUT2D eigenvalue weighted by Crippen LogP contribution is 1.98. The van der Waals surface area contributed by atoms with Gasteiger partial charge in [-0.1, -0.05) is 0 Å². The Kier molecular flexibility index (Phi) is 13.5. The fourth-order valence-corrected chi connectivity index (χ4v) is 0.934. The molecule has 0 heterocycles. The SMILES string of the molecule is CC(O)COC(C)CO.CCOC(CC(=O)O)C(=O)O. The maximum atomic E-state index is 10.2. The van der Waals surface area contributed by atoms with E-state index in [0.29, 0.717) is 6.61 Å². The quantitative estimate of drug-likeness (QED) is 0.456. The smallest absolute Gasteiger partial charge is 0.333 e. The molecular weight excluding hydrogens is 272 g/mol. The van der Waals surface area contributed by atoms with E-state index in [-0.39, 0.29) is 19.3 Å². The molecule has 20 heavy (non-hydrogen) atoms. The lowest BCUT2D eigenvalue weighted by Crippen LogP contribution is -2.26. The Labute approximate surface area is 117 Å². The molecule has 0 aliphatic heterocycles. The van der Waals surface area contributed by atoms with E-state index in [0.717, 1.165) is 0 Å². The molecule has 0 radical (unpaired) electrons. The van der Waals surface area contributed by atoms with Gasteiger partial charge in [0.1, 0.15) is 0 Å². The molecule has 3 atom stereocenters. The highest BCUT2D eigenvalue weighted by Gasteiger charge is 2.20. The molecule has 120 valence electrons. The molecular formula is C12H24O8. The van der Waals surface area contributed by atoms with Crippen molar-refractivity contribution in [1.29, 1.82) is 0 Å². The first-order valence-corrected chi connectivity index (χ1v) is 6.21. The number of ether oxygens (including phenoxy) is 2. The average Bonchev–Trinajstić information content (AvgIpc) is 2.35. The minimum Gasteiger partial charge on any atom is -0.481 e. The predicted octanol–water partition coefficient (Wildman–Crippen LogP) is -0.285. The van der Waals surface area contributed by atoms with Gasteiger partial charge in [0.05, 0.1) is 31.8 Å². The monoisotopic (exact) mass is 296 g/mol. The maximum absolute atomic E-state index is 10.2. The van der Waals surface area contributed by atoms with Crippen molar-refractivity contribution in [2.45, 2.75) is 45.5 Å². The number of hydrogen-bond donors (Lipinski definition) is 4. The molecule has 0 aliphatic carbocycles. The number of rotatable bonds is 9. The fourth-order valence-electron chi connectivity index (χ4n) is 0.934. The zero-order chi connectivity index (χ0) is 16.1. The molecule has 0 saturated carbocycles. The summed E-state index contributed by atoms with van der Waals surface area (Å²) in [5.74, 6) is -2.42. The largest absolute Gasteiger partial charge is 0.481 e. The number of aliphatic hydroxyl groups is 2. The Hall–Kier alpha value is -1.22. The molecule has 0 aliphatic rings. The maximum Gasteiger partial charge on any atom is 0.333 e. The Bertz CT molecular complexity index is 266. The molecule has 4 N–H and O–H groups in total. The highest BCUT2D eigenvalue weighted by atomic mass is 16.5. The van der Waals surface area contributed by atoms with Crippen LogP contribution in [-0.2, 0) is 19.1 Å². The molecule has 0 fully saturated rings. The van der Waals surface area contributed by atoms with Gasteiger partial charge in [0.2, 0.25) is 0 Å². The van der Waals surface area contributed by atoms with E-state index in [2.05, 4.69) is 4.74 Å². The summed E-state index contributed by atoms with van der Waals surface area (Å²) in [6, 6.07) is 0. The van der Waals surface area contributed by atoms with Crippen LogP contribution in [-0.4, -0.2) is 70.5 Å². The van der Waals surface area contributed by atoms with Gasteiger partial charge in [0, 0.05) is 6.61 Å². The van der Waals surface area contributed by atoms with Crippen LogP contribution < -0.4 is 0 Å². The van der Waals surface area contributed by atoms with Crippen LogP contribution in [0.1, 0.15) is 27.2 Å². The Morgan fingerprint density at radius 3 is 2.00 bits per heavy atom.